The Hall–Kier alpha value is -1.78. The molecule has 0 bridgehead atoms. The van der Waals surface area contributed by atoms with Crippen LogP contribution in [0, 0.1) is 27.7 Å². The van der Waals surface area contributed by atoms with Gasteiger partial charge in [0.05, 0.1) is 22.3 Å². The Morgan fingerprint density at radius 2 is 1.84 bits per heavy atom. The van der Waals surface area contributed by atoms with Gasteiger partial charge in [-0.3, -0.25) is 9.36 Å². The van der Waals surface area contributed by atoms with Crippen molar-refractivity contribution < 1.29 is 4.79 Å². The normalized spacial score (nSPS) is 16.3. The molecule has 0 radical (unpaired) electrons. The number of halogens is 2. The highest BCUT2D eigenvalue weighted by Crippen LogP contribution is 2.23. The Kier molecular flexibility index (Phi) is 4.69. The van der Waals surface area contributed by atoms with E-state index in [1.54, 1.807) is 0 Å². The average molecular weight is 378 g/mol. The number of nitrogens with zero attached hydrogens (tertiary/aromatic N) is 2. The Morgan fingerprint density at radius 1 is 1.24 bits per heavy atom. The van der Waals surface area contributed by atoms with Gasteiger partial charge in [0.25, 0.3) is 0 Å². The molecule has 0 saturated heterocycles. The summed E-state index contributed by atoms with van der Waals surface area (Å²) in [6.45, 7) is 10.1. The molecule has 132 valence electrons. The number of fused-ring (bicyclic) bond motifs is 1. The maximum Gasteiger partial charge on any atom is 0.180 e. The van der Waals surface area contributed by atoms with E-state index in [1.165, 1.54) is 5.56 Å². The van der Waals surface area contributed by atoms with Gasteiger partial charge in [-0.05, 0) is 45.7 Å². The van der Waals surface area contributed by atoms with Gasteiger partial charge in [-0.2, -0.15) is 0 Å². The molecule has 1 aliphatic heterocycles. The standard InChI is InChI=1S/C19H21Cl2N3O/c1-9-6-10(2)17(11(3)7-9)24-12(4)15(14(25)8-20)16-18(21)22-13(5)23-19(16)24/h6-7,13,22H,8H2,1-5H3. The van der Waals surface area contributed by atoms with Crippen molar-refractivity contribution >= 4 is 34.1 Å². The van der Waals surface area contributed by atoms with Gasteiger partial charge in [-0.25, -0.2) is 4.99 Å². The number of benzene rings is 1. The van der Waals surface area contributed by atoms with Crippen LogP contribution in [0.4, 0.5) is 0 Å². The van der Waals surface area contributed by atoms with E-state index >= 15 is 0 Å². The molecule has 0 spiro atoms. The van der Waals surface area contributed by atoms with Crippen LogP contribution in [0.1, 0.15) is 39.7 Å². The van der Waals surface area contributed by atoms with Crippen molar-refractivity contribution in [3.63, 3.8) is 0 Å². The zero-order valence-electron chi connectivity index (χ0n) is 15.0. The molecule has 1 aromatic carbocycles. The minimum absolute atomic E-state index is 0.0944. The van der Waals surface area contributed by atoms with Gasteiger partial charge in [-0.15, -0.1) is 11.6 Å². The number of carbonyl (C=O) groups excluding carboxylic acids is 1. The molecular formula is C19H21Cl2N3O. The topological polar surface area (TPSA) is 46.4 Å². The maximum absolute atomic E-state index is 12.5. The highest BCUT2D eigenvalue weighted by molar-refractivity contribution is 6.45. The Bertz CT molecular complexity index is 982. The molecule has 4 nitrogen and oxygen atoms in total. The van der Waals surface area contributed by atoms with Crippen molar-refractivity contribution in [2.75, 3.05) is 5.88 Å². The first-order valence-corrected chi connectivity index (χ1v) is 9.10. The third-order valence-electron chi connectivity index (χ3n) is 4.51. The molecule has 1 N–H and O–H groups in total. The van der Waals surface area contributed by atoms with Crippen molar-refractivity contribution in [1.82, 2.24) is 9.88 Å². The Morgan fingerprint density at radius 3 is 2.40 bits per heavy atom. The Balaban J connectivity index is 2.52. The molecular weight excluding hydrogens is 357 g/mol. The minimum atomic E-state index is -0.168. The van der Waals surface area contributed by atoms with Gasteiger partial charge < -0.3 is 5.32 Å². The van der Waals surface area contributed by atoms with E-state index in [4.69, 9.17) is 28.2 Å². The minimum Gasteiger partial charge on any atom is -0.354 e. The van der Waals surface area contributed by atoms with Crippen molar-refractivity contribution in [3.05, 3.63) is 50.8 Å². The number of aromatic nitrogens is 1. The summed E-state index contributed by atoms with van der Waals surface area (Å²) in [6.07, 6.45) is -0.168. The number of aryl methyl sites for hydroxylation is 3. The van der Waals surface area contributed by atoms with Gasteiger partial charge in [0.1, 0.15) is 16.8 Å². The molecule has 2 heterocycles. The van der Waals surface area contributed by atoms with Crippen molar-refractivity contribution in [2.45, 2.75) is 40.8 Å². The first-order chi connectivity index (χ1) is 11.8. The molecule has 1 aromatic heterocycles. The van der Waals surface area contributed by atoms with E-state index in [9.17, 15) is 4.79 Å². The molecule has 0 fully saturated rings. The average Bonchev–Trinajstić information content (AvgIpc) is 2.79. The van der Waals surface area contributed by atoms with Gasteiger partial charge in [0, 0.05) is 5.69 Å². The van der Waals surface area contributed by atoms with Crippen LogP contribution in [0.25, 0.3) is 10.8 Å². The predicted octanol–water partition coefficient (Wildman–Crippen LogP) is 3.01. The summed E-state index contributed by atoms with van der Waals surface area (Å²) in [5.41, 5.74) is 6.54. The molecule has 0 saturated carbocycles. The molecule has 3 rings (SSSR count). The van der Waals surface area contributed by atoms with E-state index < -0.39 is 0 Å². The van der Waals surface area contributed by atoms with Gasteiger partial charge in [0.15, 0.2) is 5.78 Å². The fourth-order valence-electron chi connectivity index (χ4n) is 3.68. The number of carbonyl (C=O) groups is 1. The number of hydrogen-bond donors (Lipinski definition) is 1. The van der Waals surface area contributed by atoms with E-state index in [1.807, 2.05) is 18.4 Å². The van der Waals surface area contributed by atoms with Gasteiger partial charge in [0.2, 0.25) is 0 Å². The molecule has 1 aliphatic rings. The lowest BCUT2D eigenvalue weighted by Crippen LogP contribution is -2.43. The van der Waals surface area contributed by atoms with Crippen molar-refractivity contribution in [1.29, 1.82) is 0 Å². The first kappa shape index (κ1) is 18.0. The van der Waals surface area contributed by atoms with E-state index in [2.05, 4.69) is 38.2 Å². The predicted molar refractivity (Wildman–Crippen MR) is 102 cm³/mol. The summed E-state index contributed by atoms with van der Waals surface area (Å²) in [4.78, 5) is 17.2. The third-order valence-corrected chi connectivity index (χ3v) is 5.05. The van der Waals surface area contributed by atoms with Crippen LogP contribution in [0.3, 0.4) is 0 Å². The smallest absolute Gasteiger partial charge is 0.180 e. The van der Waals surface area contributed by atoms with E-state index in [-0.39, 0.29) is 17.8 Å². The third kappa shape index (κ3) is 2.87. The van der Waals surface area contributed by atoms with Crippen molar-refractivity contribution in [2.24, 2.45) is 4.99 Å². The van der Waals surface area contributed by atoms with Crippen LogP contribution in [-0.2, 0) is 0 Å². The fraction of sp³-hybridized carbons (Fsp3) is 0.368. The van der Waals surface area contributed by atoms with Crippen LogP contribution in [0.15, 0.2) is 17.1 Å². The lowest BCUT2D eigenvalue weighted by molar-refractivity contribution is 0.101. The van der Waals surface area contributed by atoms with Crippen LogP contribution in [0.2, 0.25) is 0 Å². The number of nitrogens with one attached hydrogen (secondary N) is 1. The molecule has 1 atom stereocenters. The van der Waals surface area contributed by atoms with Crippen LogP contribution in [0.5, 0.6) is 0 Å². The molecule has 1 unspecified atom stereocenters. The summed E-state index contributed by atoms with van der Waals surface area (Å²) >= 11 is 12.3. The van der Waals surface area contributed by atoms with E-state index in [0.717, 1.165) is 22.5 Å². The fourth-order valence-corrected chi connectivity index (χ4v) is 4.15. The number of hydrogen-bond acceptors (Lipinski definition) is 3. The SMILES string of the molecule is Cc1cc(C)c(-n2c(C)c(C(=O)CCl)c3c2=NC(C)NC=3Cl)c(C)c1. The monoisotopic (exact) mass is 377 g/mol. The summed E-state index contributed by atoms with van der Waals surface area (Å²) in [5.74, 6) is -0.246. The van der Waals surface area contributed by atoms with Gasteiger partial charge >= 0.3 is 0 Å². The highest BCUT2D eigenvalue weighted by Gasteiger charge is 2.25. The van der Waals surface area contributed by atoms with Gasteiger partial charge in [-0.1, -0.05) is 29.3 Å². The van der Waals surface area contributed by atoms with Crippen LogP contribution < -0.4 is 16.0 Å². The summed E-state index contributed by atoms with van der Waals surface area (Å²) in [7, 11) is 0. The number of Topliss-reactive ketones (excluding diaryl/α,β-unsaturated/α-hetero) is 1. The van der Waals surface area contributed by atoms with Crippen molar-refractivity contribution in [3.8, 4) is 5.69 Å². The summed E-state index contributed by atoms with van der Waals surface area (Å²) < 4.78 is 2.04. The quantitative estimate of drug-likeness (QED) is 0.507. The molecule has 2 aromatic rings. The number of ketones is 1. The second-order valence-corrected chi connectivity index (χ2v) is 7.21. The zero-order chi connectivity index (χ0) is 18.5. The number of alkyl halides is 1. The summed E-state index contributed by atoms with van der Waals surface area (Å²) in [6, 6.07) is 4.26. The van der Waals surface area contributed by atoms with Crippen LogP contribution in [-0.4, -0.2) is 22.4 Å². The first-order valence-electron chi connectivity index (χ1n) is 8.19. The molecule has 6 heteroatoms. The Labute approximate surface area is 157 Å². The highest BCUT2D eigenvalue weighted by atomic mass is 35.5. The number of rotatable bonds is 3. The second kappa shape index (κ2) is 6.50. The molecule has 0 aliphatic carbocycles. The second-order valence-electron chi connectivity index (χ2n) is 6.56. The molecule has 0 amide bonds. The summed E-state index contributed by atoms with van der Waals surface area (Å²) in [5, 5.41) is 4.17. The maximum atomic E-state index is 12.5. The zero-order valence-corrected chi connectivity index (χ0v) is 16.5. The molecule has 25 heavy (non-hydrogen) atoms. The van der Waals surface area contributed by atoms with E-state index in [0.29, 0.717) is 21.4 Å². The lowest BCUT2D eigenvalue weighted by Gasteiger charge is -2.17. The lowest BCUT2D eigenvalue weighted by atomic mass is 10.0. The largest absolute Gasteiger partial charge is 0.354 e. The van der Waals surface area contributed by atoms with Crippen LogP contribution >= 0.6 is 23.2 Å².